The lowest BCUT2D eigenvalue weighted by molar-refractivity contribution is 0.474. The van der Waals surface area contributed by atoms with Crippen molar-refractivity contribution in [1.29, 1.82) is 0 Å². The second-order valence-electron chi connectivity index (χ2n) is 8.88. The summed E-state index contributed by atoms with van der Waals surface area (Å²) >= 11 is 0. The molecule has 0 aliphatic heterocycles. The van der Waals surface area contributed by atoms with Crippen LogP contribution in [0.5, 0.6) is 5.75 Å². The normalized spacial score (nSPS) is 12.0. The number of aromatic hydroxyl groups is 1. The second kappa shape index (κ2) is 9.16. The molecule has 1 unspecified atom stereocenters. The Balaban J connectivity index is 1.54. The first kappa shape index (κ1) is 21.8. The zero-order valence-corrected chi connectivity index (χ0v) is 19.8. The van der Waals surface area contributed by atoms with Crippen molar-refractivity contribution in [2.45, 2.75) is 12.8 Å². The van der Waals surface area contributed by atoms with Gasteiger partial charge in [0.15, 0.2) is 5.58 Å². The summed E-state index contributed by atoms with van der Waals surface area (Å²) in [4.78, 5) is 9.42. The highest BCUT2D eigenvalue weighted by Gasteiger charge is 2.18. The molecular weight excluding hydrogens is 444 g/mol. The largest absolute Gasteiger partial charge is 0.507 e. The summed E-state index contributed by atoms with van der Waals surface area (Å²) in [5, 5.41) is 10.3. The van der Waals surface area contributed by atoms with Crippen molar-refractivity contribution in [3.05, 3.63) is 127 Å². The number of phenols is 1. The van der Waals surface area contributed by atoms with Gasteiger partial charge in [0.2, 0.25) is 5.89 Å². The summed E-state index contributed by atoms with van der Waals surface area (Å²) in [6.07, 6.45) is 1.82. The van der Waals surface area contributed by atoms with E-state index in [9.17, 15) is 5.11 Å². The lowest BCUT2D eigenvalue weighted by atomic mass is 9.88. The first-order valence-corrected chi connectivity index (χ1v) is 12.0. The summed E-state index contributed by atoms with van der Waals surface area (Å²) in [5.41, 5.74) is 8.43. The summed E-state index contributed by atoms with van der Waals surface area (Å²) in [5.74, 6) is 0.734. The number of hydrogen-bond acceptors (Lipinski definition) is 4. The zero-order valence-electron chi connectivity index (χ0n) is 19.8. The Kier molecular flexibility index (Phi) is 5.55. The molecule has 174 valence electrons. The molecule has 0 amide bonds. The molecule has 2 heterocycles. The molecule has 0 bridgehead atoms. The summed E-state index contributed by atoms with van der Waals surface area (Å²) in [6, 6.07) is 36.1. The molecule has 0 fully saturated rings. The van der Waals surface area contributed by atoms with Crippen molar-refractivity contribution >= 4 is 11.1 Å². The summed E-state index contributed by atoms with van der Waals surface area (Å²) < 4.78 is 6.08. The third-order valence-corrected chi connectivity index (χ3v) is 6.58. The molecule has 6 aromatic rings. The molecule has 0 saturated carbocycles. The number of aromatic nitrogens is 2. The van der Waals surface area contributed by atoms with E-state index in [1.807, 2.05) is 48.7 Å². The van der Waals surface area contributed by atoms with Gasteiger partial charge in [-0.3, -0.25) is 4.98 Å². The topological polar surface area (TPSA) is 59.2 Å². The number of fused-ring (bicyclic) bond motifs is 1. The molecule has 1 N–H and O–H groups in total. The lowest BCUT2D eigenvalue weighted by Crippen LogP contribution is -1.98. The lowest BCUT2D eigenvalue weighted by Gasteiger charge is -2.16. The van der Waals surface area contributed by atoms with Crippen molar-refractivity contribution in [2.24, 2.45) is 0 Å². The fraction of sp³-hybridized carbons (Fsp3) is 0.0625. The highest BCUT2D eigenvalue weighted by Crippen LogP contribution is 2.38. The van der Waals surface area contributed by atoms with Gasteiger partial charge in [0.25, 0.3) is 0 Å². The maximum atomic E-state index is 10.3. The van der Waals surface area contributed by atoms with Crippen molar-refractivity contribution < 1.29 is 9.52 Å². The maximum Gasteiger partial charge on any atom is 0.231 e. The van der Waals surface area contributed by atoms with E-state index in [-0.39, 0.29) is 11.7 Å². The van der Waals surface area contributed by atoms with Gasteiger partial charge in [0.1, 0.15) is 11.3 Å². The number of pyridine rings is 1. The van der Waals surface area contributed by atoms with E-state index in [2.05, 4.69) is 60.4 Å². The van der Waals surface area contributed by atoms with Crippen LogP contribution in [0.25, 0.3) is 44.9 Å². The predicted octanol–water partition coefficient (Wildman–Crippen LogP) is 8.08. The summed E-state index contributed by atoms with van der Waals surface area (Å²) in [7, 11) is 0. The van der Waals surface area contributed by atoms with Gasteiger partial charge in [-0.1, -0.05) is 73.7 Å². The Bertz CT molecular complexity index is 1660. The van der Waals surface area contributed by atoms with Crippen LogP contribution in [-0.4, -0.2) is 15.1 Å². The number of rotatable bonds is 5. The molecule has 6 rings (SSSR count). The quantitative estimate of drug-likeness (QED) is 0.278. The van der Waals surface area contributed by atoms with E-state index in [0.717, 1.165) is 27.9 Å². The van der Waals surface area contributed by atoms with E-state index in [1.54, 1.807) is 18.2 Å². The van der Waals surface area contributed by atoms with Crippen LogP contribution in [0.1, 0.15) is 24.0 Å². The molecule has 4 aromatic carbocycles. The predicted molar refractivity (Wildman–Crippen MR) is 144 cm³/mol. The van der Waals surface area contributed by atoms with Gasteiger partial charge in [0, 0.05) is 23.2 Å². The average molecular weight is 469 g/mol. The Labute approximate surface area is 209 Å². The molecule has 2 aromatic heterocycles. The van der Waals surface area contributed by atoms with Gasteiger partial charge in [-0.25, -0.2) is 4.98 Å². The number of oxazole rings is 1. The van der Waals surface area contributed by atoms with Gasteiger partial charge in [-0.15, -0.1) is 0 Å². The third-order valence-electron chi connectivity index (χ3n) is 6.58. The minimum atomic E-state index is 0.140. The number of nitrogens with zero attached hydrogens (tertiary/aromatic N) is 2. The molecule has 4 nitrogen and oxygen atoms in total. The minimum absolute atomic E-state index is 0.140. The van der Waals surface area contributed by atoms with E-state index >= 15 is 0 Å². The molecule has 1 atom stereocenters. The van der Waals surface area contributed by atoms with Gasteiger partial charge in [-0.05, 0) is 59.2 Å². The molecule has 0 aliphatic carbocycles. The highest BCUT2D eigenvalue weighted by molar-refractivity contribution is 5.93. The Morgan fingerprint density at radius 3 is 2.25 bits per heavy atom. The Morgan fingerprint density at radius 2 is 1.44 bits per heavy atom. The molecule has 0 spiro atoms. The zero-order chi connectivity index (χ0) is 24.5. The molecule has 0 aliphatic rings. The van der Waals surface area contributed by atoms with E-state index in [0.29, 0.717) is 17.0 Å². The van der Waals surface area contributed by atoms with Crippen LogP contribution >= 0.6 is 0 Å². The number of phenolic OH excluding ortho intramolecular Hbond substituents is 1. The summed E-state index contributed by atoms with van der Waals surface area (Å²) in [6.45, 7) is 2.23. The van der Waals surface area contributed by atoms with Gasteiger partial charge in [-0.2, -0.15) is 0 Å². The smallest absolute Gasteiger partial charge is 0.231 e. The average Bonchev–Trinajstić information content (AvgIpc) is 3.38. The van der Waals surface area contributed by atoms with E-state index < -0.39 is 0 Å². The third kappa shape index (κ3) is 4.03. The van der Waals surface area contributed by atoms with Crippen LogP contribution in [0.3, 0.4) is 0 Å². The fourth-order valence-electron chi connectivity index (χ4n) is 4.62. The Hall–Kier alpha value is -4.70. The maximum absolute atomic E-state index is 10.3. The monoisotopic (exact) mass is 468 g/mol. The van der Waals surface area contributed by atoms with Crippen LogP contribution in [0.2, 0.25) is 0 Å². The molecule has 0 radical (unpaired) electrons. The first-order chi connectivity index (χ1) is 17.7. The molecule has 0 saturated heterocycles. The SMILES string of the molecule is CC(c1ccccc1)c1cc(-c2ccccn2)cc(-c2cccc3oc(-c4ccccc4O)nc23)c1. The van der Waals surface area contributed by atoms with Gasteiger partial charge < -0.3 is 9.52 Å². The van der Waals surface area contributed by atoms with Crippen LogP contribution in [0.4, 0.5) is 0 Å². The molecular formula is C32H24N2O2. The van der Waals surface area contributed by atoms with E-state index in [1.165, 1.54) is 11.1 Å². The van der Waals surface area contributed by atoms with Crippen molar-refractivity contribution in [1.82, 2.24) is 9.97 Å². The molecule has 36 heavy (non-hydrogen) atoms. The number of benzene rings is 4. The second-order valence-corrected chi connectivity index (χ2v) is 8.88. The number of hydrogen-bond donors (Lipinski definition) is 1. The van der Waals surface area contributed by atoms with Crippen LogP contribution in [0.15, 0.2) is 120 Å². The van der Waals surface area contributed by atoms with Crippen LogP contribution < -0.4 is 0 Å². The van der Waals surface area contributed by atoms with Crippen LogP contribution in [0, 0.1) is 0 Å². The van der Waals surface area contributed by atoms with Crippen LogP contribution in [-0.2, 0) is 0 Å². The van der Waals surface area contributed by atoms with E-state index in [4.69, 9.17) is 9.40 Å². The highest BCUT2D eigenvalue weighted by atomic mass is 16.3. The standard InChI is InChI=1S/C32H24N2O2/c1-21(22-10-3-2-4-11-22)23-18-24(20-25(19-23)28-14-7-8-17-33-28)26-13-9-16-30-31(26)34-32(36-30)27-12-5-6-15-29(27)35/h2-21,35H,1H3. The number of para-hydroxylation sites is 2. The first-order valence-electron chi connectivity index (χ1n) is 12.0. The minimum Gasteiger partial charge on any atom is -0.507 e. The Morgan fingerprint density at radius 1 is 0.694 bits per heavy atom. The van der Waals surface area contributed by atoms with Gasteiger partial charge >= 0.3 is 0 Å². The van der Waals surface area contributed by atoms with Crippen molar-refractivity contribution in [3.63, 3.8) is 0 Å². The molecule has 4 heteroatoms. The van der Waals surface area contributed by atoms with Gasteiger partial charge in [0.05, 0.1) is 11.3 Å². The van der Waals surface area contributed by atoms with Crippen molar-refractivity contribution in [3.8, 4) is 39.6 Å². The fourth-order valence-corrected chi connectivity index (χ4v) is 4.62. The van der Waals surface area contributed by atoms with Crippen molar-refractivity contribution in [2.75, 3.05) is 0 Å².